The largest absolute Gasteiger partial charge is 0.472 e. The van der Waals surface area contributed by atoms with Gasteiger partial charge in [0.15, 0.2) is 0 Å². The SMILES string of the molecule is CC/C=C\C/C=C\C/C=C\C/C=C\CCCCCCCCCCCCCCC(=O)NC(COP(=O)(O)OCC[N+](C)(C)C)C(O)/C=C/CC/C=C/CCCCCCCCCCCCCCCCCCCCCCCC. The highest BCUT2D eigenvalue weighted by Crippen LogP contribution is 2.43. The molecule has 0 aromatic carbocycles. The molecule has 0 rings (SSSR count). The number of carbonyl (C=O) groups excluding carboxylic acids is 1. The van der Waals surface area contributed by atoms with Gasteiger partial charge < -0.3 is 19.8 Å². The molecule has 0 saturated heterocycles. The van der Waals surface area contributed by atoms with Crippen molar-refractivity contribution in [1.29, 1.82) is 0 Å². The number of hydrogen-bond donors (Lipinski definition) is 3. The van der Waals surface area contributed by atoms with E-state index in [0.29, 0.717) is 17.4 Å². The van der Waals surface area contributed by atoms with Crippen molar-refractivity contribution in [3.8, 4) is 0 Å². The predicted octanol–water partition coefficient (Wildman–Crippen LogP) is 19.8. The third kappa shape index (κ3) is 59.4. The van der Waals surface area contributed by atoms with E-state index in [0.717, 1.165) is 64.2 Å². The Morgan fingerprint density at radius 1 is 0.467 bits per heavy atom. The van der Waals surface area contributed by atoms with Crippen LogP contribution in [-0.4, -0.2) is 73.4 Å². The monoisotopic (exact) mass is 1070 g/mol. The van der Waals surface area contributed by atoms with Crippen LogP contribution < -0.4 is 5.32 Å². The van der Waals surface area contributed by atoms with Crippen LogP contribution in [0.3, 0.4) is 0 Å². The van der Waals surface area contributed by atoms with Crippen molar-refractivity contribution in [1.82, 2.24) is 5.32 Å². The highest BCUT2D eigenvalue weighted by Gasteiger charge is 2.27. The van der Waals surface area contributed by atoms with Crippen LogP contribution in [0.5, 0.6) is 0 Å². The lowest BCUT2D eigenvalue weighted by atomic mass is 10.0. The second kappa shape index (κ2) is 56.7. The summed E-state index contributed by atoms with van der Waals surface area (Å²) in [6.45, 7) is 4.71. The minimum Gasteiger partial charge on any atom is -0.387 e. The molecular weight excluding hydrogens is 948 g/mol. The van der Waals surface area contributed by atoms with Crippen LogP contribution in [0.15, 0.2) is 72.9 Å². The molecule has 0 heterocycles. The number of aliphatic hydroxyl groups excluding tert-OH is 1. The number of nitrogens with one attached hydrogen (secondary N) is 1. The second-order valence-electron chi connectivity index (χ2n) is 22.7. The number of allylic oxidation sites excluding steroid dienone is 11. The van der Waals surface area contributed by atoms with Gasteiger partial charge in [-0.05, 0) is 70.6 Å². The molecule has 8 nitrogen and oxygen atoms in total. The molecule has 0 radical (unpaired) electrons. The zero-order chi connectivity index (χ0) is 54.9. The molecule has 3 unspecified atom stereocenters. The molecule has 0 aliphatic carbocycles. The molecule has 0 aromatic rings. The summed E-state index contributed by atoms with van der Waals surface area (Å²) in [6.07, 6.45) is 78.9. The molecule has 0 spiro atoms. The van der Waals surface area contributed by atoms with Crippen LogP contribution in [0.2, 0.25) is 0 Å². The van der Waals surface area contributed by atoms with Crippen molar-refractivity contribution in [2.24, 2.45) is 0 Å². The second-order valence-corrected chi connectivity index (χ2v) is 24.2. The zero-order valence-corrected chi connectivity index (χ0v) is 50.9. The van der Waals surface area contributed by atoms with E-state index in [4.69, 9.17) is 9.05 Å². The summed E-state index contributed by atoms with van der Waals surface area (Å²) in [5, 5.41) is 14.0. The molecule has 0 aliphatic heterocycles. The summed E-state index contributed by atoms with van der Waals surface area (Å²) in [7, 11) is 1.55. The van der Waals surface area contributed by atoms with Crippen molar-refractivity contribution in [2.75, 3.05) is 40.9 Å². The van der Waals surface area contributed by atoms with Crippen LogP contribution in [0.1, 0.15) is 290 Å². The molecule has 0 bridgehead atoms. The fraction of sp³-hybridized carbons (Fsp3) is 0.803. The van der Waals surface area contributed by atoms with Crippen molar-refractivity contribution in [3.63, 3.8) is 0 Å². The summed E-state index contributed by atoms with van der Waals surface area (Å²) in [6, 6.07) is -0.869. The third-order valence-corrected chi connectivity index (χ3v) is 15.1. The maximum atomic E-state index is 13.0. The quantitative estimate of drug-likeness (QED) is 0.0243. The van der Waals surface area contributed by atoms with Crippen molar-refractivity contribution >= 4 is 13.7 Å². The number of likely N-dealkylation sites (N-methyl/N-ethyl adjacent to an activating group) is 1. The van der Waals surface area contributed by atoms with Crippen LogP contribution in [0, 0.1) is 0 Å². The Hall–Kier alpha value is -2.06. The number of quaternary nitrogens is 1. The van der Waals surface area contributed by atoms with Gasteiger partial charge in [-0.1, -0.05) is 286 Å². The van der Waals surface area contributed by atoms with E-state index in [2.05, 4.69) is 79.9 Å². The minimum absolute atomic E-state index is 0.0537. The standard InChI is InChI=1S/C66H123N2O6P/c1-6-8-10-12-14-16-18-20-22-24-26-28-30-32-33-34-36-37-39-41-43-45-47-49-51-53-55-57-59-65(69)64(63-74-75(71,72)73-62-61-68(3,4)5)67-66(70)60-58-56-54-52-50-48-46-44-42-40-38-35-31-29-27-25-23-21-19-17-15-13-11-9-7-2/h9,11,15,17,21,23,27,29,49,51,57,59,64-65,69H,6-8,10,12-14,16,18-20,22,24-26,28,30-48,50,52-56,58,60-63H2,1-5H3,(H-,67,70,71,72)/p+1/b11-9-,17-15-,23-21-,29-27-,51-49+,59-57+. The lowest BCUT2D eigenvalue weighted by molar-refractivity contribution is -0.870. The van der Waals surface area contributed by atoms with Gasteiger partial charge in [-0.3, -0.25) is 13.8 Å². The predicted molar refractivity (Wildman–Crippen MR) is 327 cm³/mol. The fourth-order valence-corrected chi connectivity index (χ4v) is 9.96. The Bertz CT molecular complexity index is 1450. The van der Waals surface area contributed by atoms with Crippen LogP contribution in [-0.2, 0) is 18.4 Å². The van der Waals surface area contributed by atoms with Gasteiger partial charge in [-0.15, -0.1) is 0 Å². The molecule has 0 saturated carbocycles. The van der Waals surface area contributed by atoms with Gasteiger partial charge in [-0.2, -0.15) is 0 Å². The van der Waals surface area contributed by atoms with Gasteiger partial charge in [0.1, 0.15) is 13.2 Å². The Morgan fingerprint density at radius 3 is 1.23 bits per heavy atom. The molecule has 3 N–H and O–H groups in total. The minimum atomic E-state index is -4.36. The average molecular weight is 1070 g/mol. The lowest BCUT2D eigenvalue weighted by Gasteiger charge is -2.25. The first kappa shape index (κ1) is 72.9. The van der Waals surface area contributed by atoms with Gasteiger partial charge >= 0.3 is 7.82 Å². The number of amides is 1. The number of carbonyl (C=O) groups is 1. The number of phosphoric acid groups is 1. The summed E-state index contributed by atoms with van der Waals surface area (Å²) in [4.78, 5) is 23.4. The Morgan fingerprint density at radius 2 is 0.813 bits per heavy atom. The van der Waals surface area contributed by atoms with E-state index in [1.54, 1.807) is 6.08 Å². The van der Waals surface area contributed by atoms with Crippen molar-refractivity contribution in [3.05, 3.63) is 72.9 Å². The Labute approximate surface area is 465 Å². The third-order valence-electron chi connectivity index (χ3n) is 14.2. The average Bonchev–Trinajstić information content (AvgIpc) is 3.37. The smallest absolute Gasteiger partial charge is 0.387 e. The molecule has 0 aromatic heterocycles. The summed E-state index contributed by atoms with van der Waals surface area (Å²) < 4.78 is 23.8. The Balaban J connectivity index is 4.18. The van der Waals surface area contributed by atoms with E-state index in [-0.39, 0.29) is 19.1 Å². The van der Waals surface area contributed by atoms with Crippen molar-refractivity contribution < 1.29 is 32.9 Å². The lowest BCUT2D eigenvalue weighted by Crippen LogP contribution is -2.45. The van der Waals surface area contributed by atoms with Gasteiger partial charge in [0.05, 0.1) is 39.9 Å². The van der Waals surface area contributed by atoms with Crippen LogP contribution >= 0.6 is 7.82 Å². The van der Waals surface area contributed by atoms with E-state index >= 15 is 0 Å². The van der Waals surface area contributed by atoms with Gasteiger partial charge in [-0.25, -0.2) is 4.57 Å². The van der Waals surface area contributed by atoms with E-state index < -0.39 is 20.0 Å². The number of aliphatic hydroxyl groups is 1. The molecule has 0 aliphatic rings. The van der Waals surface area contributed by atoms with Crippen LogP contribution in [0.25, 0.3) is 0 Å². The fourth-order valence-electron chi connectivity index (χ4n) is 9.23. The van der Waals surface area contributed by atoms with E-state index in [1.807, 2.05) is 27.2 Å². The number of unbranched alkanes of at least 4 members (excludes halogenated alkanes) is 35. The maximum absolute atomic E-state index is 13.0. The molecule has 438 valence electrons. The number of rotatable bonds is 58. The first-order valence-corrected chi connectivity index (χ1v) is 33.3. The van der Waals surface area contributed by atoms with Gasteiger partial charge in [0.25, 0.3) is 0 Å². The summed E-state index contributed by atoms with van der Waals surface area (Å²) in [5.41, 5.74) is 0. The van der Waals surface area contributed by atoms with Gasteiger partial charge in [0.2, 0.25) is 5.91 Å². The highest BCUT2D eigenvalue weighted by molar-refractivity contribution is 7.47. The molecule has 3 atom stereocenters. The molecular formula is C66H124N2O6P+. The normalized spacial score (nSPS) is 14.3. The Kier molecular flexibility index (Phi) is 55.1. The van der Waals surface area contributed by atoms with Crippen LogP contribution in [0.4, 0.5) is 0 Å². The van der Waals surface area contributed by atoms with E-state index in [9.17, 15) is 19.4 Å². The first-order valence-electron chi connectivity index (χ1n) is 31.8. The maximum Gasteiger partial charge on any atom is 0.472 e. The number of nitrogens with zero attached hydrogens (tertiary/aromatic N) is 1. The van der Waals surface area contributed by atoms with Crippen molar-refractivity contribution in [2.45, 2.75) is 302 Å². The number of phosphoric ester groups is 1. The zero-order valence-electron chi connectivity index (χ0n) is 50.0. The summed E-state index contributed by atoms with van der Waals surface area (Å²) >= 11 is 0. The first-order chi connectivity index (χ1) is 36.5. The summed E-state index contributed by atoms with van der Waals surface area (Å²) in [5.74, 6) is -0.188. The highest BCUT2D eigenvalue weighted by atomic mass is 31.2. The molecule has 9 heteroatoms. The van der Waals surface area contributed by atoms with Gasteiger partial charge in [0, 0.05) is 6.42 Å². The topological polar surface area (TPSA) is 105 Å². The molecule has 0 fully saturated rings. The molecule has 1 amide bonds. The van der Waals surface area contributed by atoms with E-state index in [1.165, 1.54) is 205 Å². The number of hydrogen-bond acceptors (Lipinski definition) is 5. The molecule has 75 heavy (non-hydrogen) atoms.